The van der Waals surface area contributed by atoms with E-state index in [1.165, 1.54) is 6.20 Å². The number of amides is 1. The number of nitrogens with zero attached hydrogens (tertiary/aromatic N) is 1. The van der Waals surface area contributed by atoms with Crippen molar-refractivity contribution in [1.29, 1.82) is 0 Å². The quantitative estimate of drug-likeness (QED) is 0.799. The summed E-state index contributed by atoms with van der Waals surface area (Å²) in [5.41, 5.74) is 6.52. The standard InChI is InChI=1S/C14H19N3O2S/c1-2-12-9(5-6-19-12)7-17-14(18)11-4-3-10(8-16-11)13(15)20/h3-4,8-9,12H,2,5-7H2,1H3,(H2,15,20)(H,17,18). The fourth-order valence-corrected chi connectivity index (χ4v) is 2.49. The fraction of sp³-hybridized carbons (Fsp3) is 0.500. The molecule has 2 rings (SSSR count). The van der Waals surface area contributed by atoms with Gasteiger partial charge in [-0.05, 0) is 25.0 Å². The van der Waals surface area contributed by atoms with Crippen LogP contribution in [-0.2, 0) is 4.74 Å². The number of hydrogen-bond donors (Lipinski definition) is 2. The van der Waals surface area contributed by atoms with E-state index in [4.69, 9.17) is 22.7 Å². The predicted octanol–water partition coefficient (Wildman–Crippen LogP) is 1.26. The van der Waals surface area contributed by atoms with E-state index in [1.54, 1.807) is 12.1 Å². The molecule has 1 saturated heterocycles. The minimum atomic E-state index is -0.179. The van der Waals surface area contributed by atoms with Gasteiger partial charge in [0.2, 0.25) is 0 Å². The smallest absolute Gasteiger partial charge is 0.269 e. The summed E-state index contributed by atoms with van der Waals surface area (Å²) in [6.07, 6.45) is 3.74. The van der Waals surface area contributed by atoms with Crippen LogP contribution in [0.2, 0.25) is 0 Å². The summed E-state index contributed by atoms with van der Waals surface area (Å²) in [5.74, 6) is 0.209. The summed E-state index contributed by atoms with van der Waals surface area (Å²) >= 11 is 4.84. The Balaban J connectivity index is 1.90. The molecule has 6 heteroatoms. The predicted molar refractivity (Wildman–Crippen MR) is 80.6 cm³/mol. The highest BCUT2D eigenvalue weighted by Crippen LogP contribution is 2.22. The van der Waals surface area contributed by atoms with Gasteiger partial charge in [0.1, 0.15) is 10.7 Å². The zero-order valence-electron chi connectivity index (χ0n) is 11.5. The number of ether oxygens (including phenoxy) is 1. The van der Waals surface area contributed by atoms with Gasteiger partial charge >= 0.3 is 0 Å². The molecule has 2 unspecified atom stereocenters. The lowest BCUT2D eigenvalue weighted by Gasteiger charge is -2.17. The summed E-state index contributed by atoms with van der Waals surface area (Å²) in [5, 5.41) is 2.91. The van der Waals surface area contributed by atoms with Gasteiger partial charge in [0, 0.05) is 30.8 Å². The van der Waals surface area contributed by atoms with Crippen molar-refractivity contribution in [3.8, 4) is 0 Å². The second-order valence-corrected chi connectivity index (χ2v) is 5.31. The molecule has 3 N–H and O–H groups in total. The average molecular weight is 293 g/mol. The second kappa shape index (κ2) is 6.76. The van der Waals surface area contributed by atoms with E-state index in [0.29, 0.717) is 23.7 Å². The van der Waals surface area contributed by atoms with Gasteiger partial charge in [-0.15, -0.1) is 0 Å². The average Bonchev–Trinajstić information content (AvgIpc) is 2.92. The SMILES string of the molecule is CCC1OCCC1CNC(=O)c1ccc(C(N)=S)cn1. The van der Waals surface area contributed by atoms with E-state index < -0.39 is 0 Å². The number of thiocarbonyl (C=S) groups is 1. The van der Waals surface area contributed by atoms with Gasteiger partial charge in [-0.25, -0.2) is 0 Å². The number of pyridine rings is 1. The zero-order valence-corrected chi connectivity index (χ0v) is 12.3. The van der Waals surface area contributed by atoms with E-state index in [-0.39, 0.29) is 17.0 Å². The zero-order chi connectivity index (χ0) is 14.5. The molecule has 108 valence electrons. The third-order valence-electron chi connectivity index (χ3n) is 3.55. The Hall–Kier alpha value is -1.53. The molecule has 1 amide bonds. The molecule has 0 aromatic carbocycles. The summed E-state index contributed by atoms with van der Waals surface area (Å²) < 4.78 is 5.60. The molecule has 2 atom stereocenters. The first-order valence-electron chi connectivity index (χ1n) is 6.77. The molecule has 0 radical (unpaired) electrons. The van der Waals surface area contributed by atoms with Crippen molar-refractivity contribution in [2.45, 2.75) is 25.9 Å². The van der Waals surface area contributed by atoms with Gasteiger partial charge in [0.15, 0.2) is 0 Å². The summed E-state index contributed by atoms with van der Waals surface area (Å²) in [4.78, 5) is 16.3. The van der Waals surface area contributed by atoms with Crippen molar-refractivity contribution < 1.29 is 9.53 Å². The largest absolute Gasteiger partial charge is 0.389 e. The lowest BCUT2D eigenvalue weighted by molar-refractivity contribution is 0.0825. The lowest BCUT2D eigenvalue weighted by Crippen LogP contribution is -2.33. The Morgan fingerprint density at radius 1 is 1.60 bits per heavy atom. The fourth-order valence-electron chi connectivity index (χ4n) is 2.37. The van der Waals surface area contributed by atoms with Crippen molar-refractivity contribution in [3.05, 3.63) is 29.6 Å². The van der Waals surface area contributed by atoms with Crippen molar-refractivity contribution in [2.75, 3.05) is 13.2 Å². The first-order valence-corrected chi connectivity index (χ1v) is 7.18. The van der Waals surface area contributed by atoms with Crippen molar-refractivity contribution in [3.63, 3.8) is 0 Å². The summed E-state index contributed by atoms with van der Waals surface area (Å²) in [6.45, 7) is 3.50. The molecule has 0 aliphatic carbocycles. The molecule has 0 saturated carbocycles. The van der Waals surface area contributed by atoms with Gasteiger partial charge in [0.25, 0.3) is 5.91 Å². The monoisotopic (exact) mass is 293 g/mol. The molecule has 1 aliphatic rings. The van der Waals surface area contributed by atoms with Crippen LogP contribution < -0.4 is 11.1 Å². The number of hydrogen-bond acceptors (Lipinski definition) is 4. The van der Waals surface area contributed by atoms with Crippen molar-refractivity contribution >= 4 is 23.1 Å². The van der Waals surface area contributed by atoms with Crippen LogP contribution in [-0.4, -0.2) is 35.1 Å². The molecule has 5 nitrogen and oxygen atoms in total. The third kappa shape index (κ3) is 3.52. The molecule has 1 aromatic rings. The minimum absolute atomic E-state index is 0.179. The van der Waals surface area contributed by atoms with Crippen LogP contribution in [0.25, 0.3) is 0 Å². The molecule has 20 heavy (non-hydrogen) atoms. The Morgan fingerprint density at radius 2 is 2.40 bits per heavy atom. The van der Waals surface area contributed by atoms with E-state index in [9.17, 15) is 4.79 Å². The van der Waals surface area contributed by atoms with E-state index in [2.05, 4.69) is 17.2 Å². The van der Waals surface area contributed by atoms with E-state index in [1.807, 2.05) is 0 Å². The molecular formula is C14H19N3O2S. The number of carbonyl (C=O) groups is 1. The number of nitrogens with two attached hydrogens (primary N) is 1. The van der Waals surface area contributed by atoms with Crippen LogP contribution in [0.3, 0.4) is 0 Å². The van der Waals surface area contributed by atoms with Gasteiger partial charge in [0.05, 0.1) is 6.10 Å². The van der Waals surface area contributed by atoms with Crippen LogP contribution in [0.1, 0.15) is 35.8 Å². The van der Waals surface area contributed by atoms with Crippen LogP contribution in [0, 0.1) is 5.92 Å². The molecular weight excluding hydrogens is 274 g/mol. The highest BCUT2D eigenvalue weighted by molar-refractivity contribution is 7.80. The van der Waals surface area contributed by atoms with Crippen LogP contribution in [0.5, 0.6) is 0 Å². The Labute approximate surface area is 123 Å². The number of rotatable bonds is 5. The van der Waals surface area contributed by atoms with Crippen LogP contribution in [0.4, 0.5) is 0 Å². The lowest BCUT2D eigenvalue weighted by atomic mass is 10.00. The molecule has 1 aliphatic heterocycles. The van der Waals surface area contributed by atoms with Gasteiger partial charge < -0.3 is 15.8 Å². The maximum absolute atomic E-state index is 12.0. The first kappa shape index (κ1) is 14.9. The van der Waals surface area contributed by atoms with Crippen molar-refractivity contribution in [2.24, 2.45) is 11.7 Å². The van der Waals surface area contributed by atoms with Gasteiger partial charge in [-0.3, -0.25) is 9.78 Å². The van der Waals surface area contributed by atoms with Gasteiger partial charge in [-0.2, -0.15) is 0 Å². The highest BCUT2D eigenvalue weighted by Gasteiger charge is 2.27. The summed E-state index contributed by atoms with van der Waals surface area (Å²) in [7, 11) is 0. The maximum atomic E-state index is 12.0. The number of nitrogens with one attached hydrogen (secondary N) is 1. The Morgan fingerprint density at radius 3 is 3.00 bits per heavy atom. The normalized spacial score (nSPS) is 21.6. The topological polar surface area (TPSA) is 77.2 Å². The Bertz CT molecular complexity index is 490. The second-order valence-electron chi connectivity index (χ2n) is 4.87. The minimum Gasteiger partial charge on any atom is -0.389 e. The number of aromatic nitrogens is 1. The van der Waals surface area contributed by atoms with E-state index >= 15 is 0 Å². The number of carbonyl (C=O) groups excluding carboxylic acids is 1. The highest BCUT2D eigenvalue weighted by atomic mass is 32.1. The van der Waals surface area contributed by atoms with E-state index in [0.717, 1.165) is 19.4 Å². The molecule has 2 heterocycles. The molecule has 0 bridgehead atoms. The van der Waals surface area contributed by atoms with Crippen molar-refractivity contribution in [1.82, 2.24) is 10.3 Å². The van der Waals surface area contributed by atoms with Crippen LogP contribution in [0.15, 0.2) is 18.3 Å². The molecule has 0 spiro atoms. The first-order chi connectivity index (χ1) is 9.61. The van der Waals surface area contributed by atoms with Crippen LogP contribution >= 0.6 is 12.2 Å². The Kier molecular flexibility index (Phi) is 5.03. The van der Waals surface area contributed by atoms with Gasteiger partial charge in [-0.1, -0.05) is 19.1 Å². The molecule has 1 fully saturated rings. The third-order valence-corrected chi connectivity index (χ3v) is 3.79. The summed E-state index contributed by atoms with van der Waals surface area (Å²) in [6, 6.07) is 3.34. The maximum Gasteiger partial charge on any atom is 0.269 e. The molecule has 1 aromatic heterocycles.